The molecule has 6 nitrogen and oxygen atoms in total. The van der Waals surface area contributed by atoms with Crippen LogP contribution >= 0.6 is 0 Å². The Morgan fingerprint density at radius 1 is 1.20 bits per heavy atom. The highest BCUT2D eigenvalue weighted by Gasteiger charge is 2.76. The van der Waals surface area contributed by atoms with Crippen molar-refractivity contribution < 1.29 is 23.8 Å². The van der Waals surface area contributed by atoms with E-state index >= 15 is 0 Å². The van der Waals surface area contributed by atoms with Crippen LogP contribution in [0.1, 0.15) is 68.2 Å². The van der Waals surface area contributed by atoms with Gasteiger partial charge < -0.3 is 14.2 Å². The molecule has 1 saturated carbocycles. The monoisotopic (exact) mass is 417 g/mol. The van der Waals surface area contributed by atoms with Crippen LogP contribution in [0.25, 0.3) is 0 Å². The van der Waals surface area contributed by atoms with Gasteiger partial charge in [0.15, 0.2) is 6.10 Å². The summed E-state index contributed by atoms with van der Waals surface area (Å²) in [6.07, 6.45) is 6.39. The van der Waals surface area contributed by atoms with Gasteiger partial charge in [-0.2, -0.15) is 0 Å². The summed E-state index contributed by atoms with van der Waals surface area (Å²) in [7, 11) is 0. The van der Waals surface area contributed by atoms with E-state index in [9.17, 15) is 9.59 Å². The molecule has 0 spiro atoms. The Morgan fingerprint density at radius 3 is 2.33 bits per heavy atom. The maximum atomic E-state index is 13.5. The molecular formula is C24H35NO5. The average molecular weight is 418 g/mol. The molecule has 0 N–H and O–H groups in total. The van der Waals surface area contributed by atoms with Gasteiger partial charge in [0.25, 0.3) is 0 Å². The molecule has 2 bridgehead atoms. The van der Waals surface area contributed by atoms with E-state index in [0.29, 0.717) is 25.3 Å². The predicted octanol–water partition coefficient (Wildman–Crippen LogP) is 4.39. The van der Waals surface area contributed by atoms with E-state index in [1.807, 2.05) is 73.6 Å². The molecule has 1 saturated heterocycles. The Morgan fingerprint density at radius 2 is 1.87 bits per heavy atom. The highest BCUT2D eigenvalue weighted by Crippen LogP contribution is 2.65. The van der Waals surface area contributed by atoms with Crippen LogP contribution in [-0.2, 0) is 23.8 Å². The molecule has 2 fully saturated rings. The first-order valence-corrected chi connectivity index (χ1v) is 10.8. The Kier molecular flexibility index (Phi) is 5.45. The maximum absolute atomic E-state index is 13.5. The van der Waals surface area contributed by atoms with E-state index in [1.165, 1.54) is 0 Å². The van der Waals surface area contributed by atoms with E-state index in [-0.39, 0.29) is 17.4 Å². The number of carbonyl (C=O) groups is 2. The van der Waals surface area contributed by atoms with Crippen molar-refractivity contribution in [2.45, 2.75) is 85.5 Å². The second kappa shape index (κ2) is 7.24. The number of hydrogen-bond donors (Lipinski definition) is 0. The number of fused-ring (bicyclic) bond motifs is 2. The van der Waals surface area contributed by atoms with E-state index < -0.39 is 28.5 Å². The SMILES string of the molecule is C/C=C/C(C)=C/[C@@H](C)[C@H](OC(=O)[C@@]12CC[C@@](C)(C(=O)O1)C2(C)C)C1=NC(C)(C)CO1. The van der Waals surface area contributed by atoms with Crippen molar-refractivity contribution in [1.29, 1.82) is 0 Å². The molecule has 2 aliphatic heterocycles. The maximum Gasteiger partial charge on any atom is 0.352 e. The molecular weight excluding hydrogens is 382 g/mol. The lowest BCUT2D eigenvalue weighted by Crippen LogP contribution is -2.51. The minimum absolute atomic E-state index is 0.165. The first kappa shape index (κ1) is 22.6. The number of rotatable bonds is 6. The standard InChI is InChI=1S/C24H35NO5/c1-9-10-15(2)13-16(3)17(18-25-21(4,5)14-28-18)29-20(27)24-12-11-23(8,19(26)30-24)22(24,6)7/h9-10,13,16-17H,11-12,14H2,1-8H3/b10-9+,15-13+/t16-,17+,23+,24-/m1/s1. The van der Waals surface area contributed by atoms with Gasteiger partial charge in [-0.05, 0) is 47.5 Å². The smallest absolute Gasteiger partial charge is 0.352 e. The lowest BCUT2D eigenvalue weighted by molar-refractivity contribution is -0.186. The van der Waals surface area contributed by atoms with Crippen LogP contribution in [0, 0.1) is 16.7 Å². The van der Waals surface area contributed by atoms with Crippen LogP contribution < -0.4 is 0 Å². The van der Waals surface area contributed by atoms with Crippen molar-refractivity contribution in [2.24, 2.45) is 21.7 Å². The molecule has 3 rings (SSSR count). The van der Waals surface area contributed by atoms with Gasteiger partial charge >= 0.3 is 11.9 Å². The second-order valence-electron chi connectivity index (χ2n) is 10.3. The third-order valence-corrected chi connectivity index (χ3v) is 7.31. The number of allylic oxidation sites excluding steroid dienone is 3. The van der Waals surface area contributed by atoms with Gasteiger partial charge in [-0.3, -0.25) is 4.79 Å². The van der Waals surface area contributed by atoms with Crippen molar-refractivity contribution >= 4 is 17.8 Å². The largest absolute Gasteiger partial charge is 0.476 e. The van der Waals surface area contributed by atoms with Crippen LogP contribution in [0.3, 0.4) is 0 Å². The zero-order valence-electron chi connectivity index (χ0n) is 19.5. The minimum Gasteiger partial charge on any atom is -0.476 e. The fourth-order valence-electron chi connectivity index (χ4n) is 4.88. The summed E-state index contributed by atoms with van der Waals surface area (Å²) in [6, 6.07) is 0. The lowest BCUT2D eigenvalue weighted by atomic mass is 9.66. The zero-order chi connectivity index (χ0) is 22.5. The van der Waals surface area contributed by atoms with E-state index in [0.717, 1.165) is 5.57 Å². The third kappa shape index (κ3) is 3.28. The Balaban J connectivity index is 1.93. The summed E-state index contributed by atoms with van der Waals surface area (Å²) >= 11 is 0. The molecule has 30 heavy (non-hydrogen) atoms. The molecule has 0 aromatic carbocycles. The average Bonchev–Trinajstić information content (AvgIpc) is 3.14. The van der Waals surface area contributed by atoms with Gasteiger partial charge in [0.1, 0.15) is 6.61 Å². The number of carbonyl (C=O) groups excluding carboxylic acids is 2. The zero-order valence-corrected chi connectivity index (χ0v) is 19.5. The topological polar surface area (TPSA) is 74.2 Å². The summed E-state index contributed by atoms with van der Waals surface area (Å²) in [4.78, 5) is 30.8. The Labute approximate surface area is 179 Å². The molecule has 0 radical (unpaired) electrons. The second-order valence-corrected chi connectivity index (χ2v) is 10.3. The molecule has 6 heteroatoms. The van der Waals surface area contributed by atoms with Crippen molar-refractivity contribution in [2.75, 3.05) is 6.61 Å². The summed E-state index contributed by atoms with van der Waals surface area (Å²) < 4.78 is 17.6. The van der Waals surface area contributed by atoms with Gasteiger partial charge in [0, 0.05) is 11.3 Å². The minimum atomic E-state index is -1.27. The van der Waals surface area contributed by atoms with Crippen LogP contribution in [0.15, 0.2) is 28.8 Å². The van der Waals surface area contributed by atoms with Crippen LogP contribution in [0.5, 0.6) is 0 Å². The molecule has 166 valence electrons. The first-order valence-electron chi connectivity index (χ1n) is 10.8. The summed E-state index contributed by atoms with van der Waals surface area (Å²) in [5, 5.41) is 0. The van der Waals surface area contributed by atoms with Crippen LogP contribution in [0.2, 0.25) is 0 Å². The van der Waals surface area contributed by atoms with E-state index in [2.05, 4.69) is 4.99 Å². The van der Waals surface area contributed by atoms with Crippen molar-refractivity contribution in [1.82, 2.24) is 0 Å². The fraction of sp³-hybridized carbons (Fsp3) is 0.708. The number of hydrogen-bond acceptors (Lipinski definition) is 6. The highest BCUT2D eigenvalue weighted by atomic mass is 16.6. The van der Waals surface area contributed by atoms with E-state index in [4.69, 9.17) is 14.2 Å². The molecule has 0 aromatic rings. The van der Waals surface area contributed by atoms with Crippen molar-refractivity contribution in [3.8, 4) is 0 Å². The quantitative estimate of drug-likeness (QED) is 0.473. The van der Waals surface area contributed by atoms with Gasteiger partial charge in [0.05, 0.1) is 11.0 Å². The normalized spacial score (nSPS) is 33.8. The summed E-state index contributed by atoms with van der Waals surface area (Å²) in [5.41, 5.74) is -1.92. The fourth-order valence-corrected chi connectivity index (χ4v) is 4.88. The third-order valence-electron chi connectivity index (χ3n) is 7.31. The molecule has 0 amide bonds. The Hall–Kier alpha value is -2.11. The number of nitrogens with zero attached hydrogens (tertiary/aromatic N) is 1. The highest BCUT2D eigenvalue weighted by molar-refractivity contribution is 5.95. The van der Waals surface area contributed by atoms with Gasteiger partial charge in [0.2, 0.25) is 11.5 Å². The molecule has 4 atom stereocenters. The van der Waals surface area contributed by atoms with Crippen molar-refractivity contribution in [3.63, 3.8) is 0 Å². The van der Waals surface area contributed by atoms with Gasteiger partial charge in [-0.25, -0.2) is 9.79 Å². The lowest BCUT2D eigenvalue weighted by Gasteiger charge is -2.36. The molecule has 0 aromatic heterocycles. The van der Waals surface area contributed by atoms with Gasteiger partial charge in [-0.1, -0.05) is 44.6 Å². The number of aliphatic imine (C=N–C) groups is 1. The number of esters is 2. The molecule has 3 aliphatic rings. The molecule has 1 aliphatic carbocycles. The van der Waals surface area contributed by atoms with Crippen LogP contribution in [-0.4, -0.2) is 41.7 Å². The summed E-state index contributed by atoms with van der Waals surface area (Å²) in [6.45, 7) is 16.1. The van der Waals surface area contributed by atoms with Crippen molar-refractivity contribution in [3.05, 3.63) is 23.8 Å². The summed E-state index contributed by atoms with van der Waals surface area (Å²) in [5.74, 6) is -0.571. The molecule has 2 heterocycles. The Bertz CT molecular complexity index is 837. The van der Waals surface area contributed by atoms with E-state index in [1.54, 1.807) is 0 Å². The van der Waals surface area contributed by atoms with Gasteiger partial charge in [-0.15, -0.1) is 0 Å². The molecule has 0 unspecified atom stereocenters. The first-order chi connectivity index (χ1) is 13.8. The predicted molar refractivity (Wildman–Crippen MR) is 115 cm³/mol. The van der Waals surface area contributed by atoms with Crippen LogP contribution in [0.4, 0.5) is 0 Å². The number of ether oxygens (including phenoxy) is 3.